The lowest BCUT2D eigenvalue weighted by Crippen LogP contribution is -2.15. The van der Waals surface area contributed by atoms with Crippen LogP contribution in [0.4, 0.5) is 8.78 Å². The van der Waals surface area contributed by atoms with Crippen molar-refractivity contribution in [2.24, 2.45) is 5.73 Å². The van der Waals surface area contributed by atoms with Gasteiger partial charge < -0.3 is 5.73 Å². The minimum absolute atomic E-state index is 0.221. The predicted octanol–water partition coefficient (Wildman–Crippen LogP) is 4.74. The van der Waals surface area contributed by atoms with Crippen LogP contribution < -0.4 is 5.73 Å². The van der Waals surface area contributed by atoms with E-state index in [1.54, 1.807) is 25.1 Å². The van der Waals surface area contributed by atoms with E-state index in [1.165, 1.54) is 6.07 Å². The molecule has 0 spiro atoms. The van der Waals surface area contributed by atoms with Crippen LogP contribution in [0.25, 0.3) is 0 Å². The lowest BCUT2D eigenvalue weighted by atomic mass is 9.97. The van der Waals surface area contributed by atoms with Gasteiger partial charge in [-0.1, -0.05) is 23.7 Å². The monoisotopic (exact) mass is 345 g/mol. The fourth-order valence-corrected chi connectivity index (χ4v) is 2.47. The molecule has 2 rings (SSSR count). The molecular formula is C14H11BrClF2N. The second kappa shape index (κ2) is 5.57. The van der Waals surface area contributed by atoms with Crippen molar-refractivity contribution in [2.45, 2.75) is 13.0 Å². The molecule has 1 nitrogen and oxygen atoms in total. The summed E-state index contributed by atoms with van der Waals surface area (Å²) in [5.74, 6) is -1.26. The second-order valence-electron chi connectivity index (χ2n) is 4.24. The van der Waals surface area contributed by atoms with Crippen LogP contribution in [-0.4, -0.2) is 0 Å². The Hall–Kier alpha value is -0.970. The van der Waals surface area contributed by atoms with Gasteiger partial charge in [0.1, 0.15) is 11.6 Å². The highest BCUT2D eigenvalue weighted by molar-refractivity contribution is 9.10. The van der Waals surface area contributed by atoms with E-state index in [-0.39, 0.29) is 5.56 Å². The zero-order valence-corrected chi connectivity index (χ0v) is 12.4. The first-order valence-corrected chi connectivity index (χ1v) is 6.74. The van der Waals surface area contributed by atoms with Crippen molar-refractivity contribution in [1.29, 1.82) is 0 Å². The molecule has 1 unspecified atom stereocenters. The molecule has 0 fully saturated rings. The van der Waals surface area contributed by atoms with Crippen LogP contribution in [0.1, 0.15) is 22.7 Å². The van der Waals surface area contributed by atoms with Gasteiger partial charge in [-0.15, -0.1) is 0 Å². The lowest BCUT2D eigenvalue weighted by molar-refractivity contribution is 0.561. The standard InChI is InChI=1S/C14H11BrClF2N/c1-7-5-9(12(18)6-11(7)17)14(19)8-3-2-4-10(15)13(8)16/h2-6,14H,19H2,1H3. The molecule has 0 aliphatic carbocycles. The molecule has 5 heteroatoms. The van der Waals surface area contributed by atoms with E-state index in [0.717, 1.165) is 6.07 Å². The van der Waals surface area contributed by atoms with Crippen LogP contribution >= 0.6 is 27.5 Å². The van der Waals surface area contributed by atoms with E-state index in [0.29, 0.717) is 20.6 Å². The molecular weight excluding hydrogens is 336 g/mol. The summed E-state index contributed by atoms with van der Waals surface area (Å²) < 4.78 is 27.8. The SMILES string of the molecule is Cc1cc(C(N)c2cccc(Br)c2Cl)c(F)cc1F. The zero-order valence-electron chi connectivity index (χ0n) is 10.1. The molecule has 0 saturated heterocycles. The molecule has 19 heavy (non-hydrogen) atoms. The number of nitrogens with two attached hydrogens (primary N) is 1. The summed E-state index contributed by atoms with van der Waals surface area (Å²) in [7, 11) is 0. The Bertz CT molecular complexity index is 631. The van der Waals surface area contributed by atoms with Crippen molar-refractivity contribution < 1.29 is 8.78 Å². The average molecular weight is 347 g/mol. The maximum absolute atomic E-state index is 13.8. The van der Waals surface area contributed by atoms with E-state index in [4.69, 9.17) is 17.3 Å². The minimum atomic E-state index is -0.746. The Balaban J connectivity index is 2.53. The Morgan fingerprint density at radius 3 is 2.53 bits per heavy atom. The van der Waals surface area contributed by atoms with Crippen LogP contribution in [0.15, 0.2) is 34.8 Å². The molecule has 100 valence electrons. The lowest BCUT2D eigenvalue weighted by Gasteiger charge is -2.16. The van der Waals surface area contributed by atoms with Gasteiger partial charge in [0.25, 0.3) is 0 Å². The molecule has 0 amide bonds. The Morgan fingerprint density at radius 1 is 1.16 bits per heavy atom. The van der Waals surface area contributed by atoms with E-state index in [9.17, 15) is 8.78 Å². The number of rotatable bonds is 2. The molecule has 2 aromatic rings. The van der Waals surface area contributed by atoms with Crippen LogP contribution in [0.3, 0.4) is 0 Å². The van der Waals surface area contributed by atoms with Gasteiger partial charge >= 0.3 is 0 Å². The summed E-state index contributed by atoms with van der Waals surface area (Å²) in [6.07, 6.45) is 0. The van der Waals surface area contributed by atoms with Gasteiger partial charge in [0.05, 0.1) is 11.1 Å². The van der Waals surface area contributed by atoms with Crippen molar-refractivity contribution in [3.05, 3.63) is 68.2 Å². The van der Waals surface area contributed by atoms with E-state index < -0.39 is 17.7 Å². The van der Waals surface area contributed by atoms with Crippen molar-refractivity contribution in [2.75, 3.05) is 0 Å². The quantitative estimate of drug-likeness (QED) is 0.835. The molecule has 0 heterocycles. The van der Waals surface area contributed by atoms with E-state index in [2.05, 4.69) is 15.9 Å². The van der Waals surface area contributed by atoms with Gasteiger partial charge in [-0.2, -0.15) is 0 Å². The molecule has 2 N–H and O–H groups in total. The van der Waals surface area contributed by atoms with Crippen molar-refractivity contribution >= 4 is 27.5 Å². The summed E-state index contributed by atoms with van der Waals surface area (Å²) in [5, 5.41) is 0.427. The Labute approximate surface area is 123 Å². The molecule has 0 radical (unpaired) electrons. The fraction of sp³-hybridized carbons (Fsp3) is 0.143. The number of hydrogen-bond donors (Lipinski definition) is 1. The van der Waals surface area contributed by atoms with Gasteiger partial charge in [-0.05, 0) is 46.1 Å². The van der Waals surface area contributed by atoms with Gasteiger partial charge in [-0.25, -0.2) is 8.78 Å². The van der Waals surface area contributed by atoms with E-state index in [1.807, 2.05) is 0 Å². The zero-order chi connectivity index (χ0) is 14.2. The number of hydrogen-bond acceptors (Lipinski definition) is 1. The first-order valence-electron chi connectivity index (χ1n) is 5.57. The van der Waals surface area contributed by atoms with Gasteiger partial charge in [0, 0.05) is 16.1 Å². The van der Waals surface area contributed by atoms with Gasteiger partial charge in [0.2, 0.25) is 0 Å². The molecule has 0 aromatic heterocycles. The minimum Gasteiger partial charge on any atom is -0.320 e. The van der Waals surface area contributed by atoms with Crippen LogP contribution in [-0.2, 0) is 0 Å². The van der Waals surface area contributed by atoms with E-state index >= 15 is 0 Å². The highest BCUT2D eigenvalue weighted by atomic mass is 79.9. The van der Waals surface area contributed by atoms with Crippen molar-refractivity contribution in [3.8, 4) is 0 Å². The number of halogens is 4. The van der Waals surface area contributed by atoms with Crippen LogP contribution in [0.2, 0.25) is 5.02 Å². The predicted molar refractivity (Wildman–Crippen MR) is 76.3 cm³/mol. The second-order valence-corrected chi connectivity index (χ2v) is 5.48. The maximum atomic E-state index is 13.8. The highest BCUT2D eigenvalue weighted by Crippen LogP contribution is 2.33. The Morgan fingerprint density at radius 2 is 1.84 bits per heavy atom. The normalized spacial score (nSPS) is 12.5. The average Bonchev–Trinajstić information content (AvgIpc) is 2.36. The topological polar surface area (TPSA) is 26.0 Å². The summed E-state index contributed by atoms with van der Waals surface area (Å²) >= 11 is 9.43. The fourth-order valence-electron chi connectivity index (χ4n) is 1.85. The van der Waals surface area contributed by atoms with Gasteiger partial charge in [0.15, 0.2) is 0 Å². The smallest absolute Gasteiger partial charge is 0.131 e. The first kappa shape index (κ1) is 14.4. The highest BCUT2D eigenvalue weighted by Gasteiger charge is 2.19. The first-order chi connectivity index (χ1) is 8.91. The van der Waals surface area contributed by atoms with Crippen molar-refractivity contribution in [1.82, 2.24) is 0 Å². The summed E-state index contributed by atoms with van der Waals surface area (Å²) in [6, 6.07) is 6.76. The summed E-state index contributed by atoms with van der Waals surface area (Å²) in [5.41, 5.74) is 7.19. The summed E-state index contributed by atoms with van der Waals surface area (Å²) in [4.78, 5) is 0. The molecule has 0 aliphatic heterocycles. The van der Waals surface area contributed by atoms with Crippen LogP contribution in [0, 0.1) is 18.6 Å². The molecule has 2 aromatic carbocycles. The third kappa shape index (κ3) is 2.81. The maximum Gasteiger partial charge on any atom is 0.131 e. The molecule has 1 atom stereocenters. The third-order valence-electron chi connectivity index (χ3n) is 2.93. The Kier molecular flexibility index (Phi) is 4.23. The number of aryl methyl sites for hydroxylation is 1. The molecule has 0 saturated carbocycles. The third-order valence-corrected chi connectivity index (χ3v) is 4.24. The van der Waals surface area contributed by atoms with Crippen LogP contribution in [0.5, 0.6) is 0 Å². The summed E-state index contributed by atoms with van der Waals surface area (Å²) in [6.45, 7) is 1.56. The molecule has 0 aliphatic rings. The number of benzene rings is 2. The van der Waals surface area contributed by atoms with Gasteiger partial charge in [-0.3, -0.25) is 0 Å². The largest absolute Gasteiger partial charge is 0.320 e. The van der Waals surface area contributed by atoms with Crippen molar-refractivity contribution in [3.63, 3.8) is 0 Å². The molecule has 0 bridgehead atoms.